The second-order valence-electron chi connectivity index (χ2n) is 11.1. The predicted molar refractivity (Wildman–Crippen MR) is 154 cm³/mol. The molecule has 1 aromatic carbocycles. The minimum atomic E-state index is -0.813. The van der Waals surface area contributed by atoms with E-state index < -0.39 is 23.6 Å². The number of anilines is 4. The molecule has 0 bridgehead atoms. The molecule has 0 aliphatic carbocycles. The van der Waals surface area contributed by atoms with Crippen LogP contribution in [0.3, 0.4) is 0 Å². The molecular weight excluding hydrogens is 508 g/mol. The Kier molecular flexibility index (Phi) is 7.33. The van der Waals surface area contributed by atoms with E-state index in [0.29, 0.717) is 34.7 Å². The fraction of sp³-hybridized carbons (Fsp3) is 0.414. The summed E-state index contributed by atoms with van der Waals surface area (Å²) < 4.78 is 5.67. The topological polar surface area (TPSA) is 130 Å². The Morgan fingerprint density at radius 1 is 1.10 bits per heavy atom. The number of carbonyl (C=O) groups is 2. The van der Waals surface area contributed by atoms with Crippen molar-refractivity contribution in [2.45, 2.75) is 45.8 Å². The van der Waals surface area contributed by atoms with E-state index in [1.54, 1.807) is 33.0 Å². The molecule has 0 saturated carbocycles. The maximum absolute atomic E-state index is 14.0. The maximum Gasteiger partial charge on any atom is 0.418 e. The van der Waals surface area contributed by atoms with E-state index in [0.717, 1.165) is 42.3 Å². The zero-order valence-corrected chi connectivity index (χ0v) is 23.6. The van der Waals surface area contributed by atoms with E-state index in [4.69, 9.17) is 10.5 Å². The molecule has 40 heavy (non-hydrogen) atoms. The number of rotatable bonds is 5. The molecule has 2 aromatic heterocycles. The molecule has 11 heteroatoms. The minimum absolute atomic E-state index is 0.0659. The van der Waals surface area contributed by atoms with Crippen LogP contribution in [0.4, 0.5) is 27.9 Å². The summed E-state index contributed by atoms with van der Waals surface area (Å²) in [5.41, 5.74) is 9.03. The van der Waals surface area contributed by atoms with Crippen LogP contribution in [0.5, 0.6) is 0 Å². The van der Waals surface area contributed by atoms with Crippen molar-refractivity contribution in [2.75, 3.05) is 49.2 Å². The van der Waals surface area contributed by atoms with Crippen LogP contribution < -0.4 is 16.0 Å². The fourth-order valence-corrected chi connectivity index (χ4v) is 5.08. The van der Waals surface area contributed by atoms with Gasteiger partial charge in [0.15, 0.2) is 0 Å². The van der Waals surface area contributed by atoms with Gasteiger partial charge in [-0.3, -0.25) is 4.79 Å². The van der Waals surface area contributed by atoms with Gasteiger partial charge in [-0.15, -0.1) is 0 Å². The molecule has 2 amide bonds. The zero-order chi connectivity index (χ0) is 28.6. The molecule has 3 N–H and O–H groups in total. The van der Waals surface area contributed by atoms with Gasteiger partial charge >= 0.3 is 6.09 Å². The van der Waals surface area contributed by atoms with Crippen molar-refractivity contribution in [3.8, 4) is 0 Å². The van der Waals surface area contributed by atoms with Crippen molar-refractivity contribution in [3.63, 3.8) is 0 Å². The van der Waals surface area contributed by atoms with Gasteiger partial charge < -0.3 is 25.6 Å². The van der Waals surface area contributed by atoms with Gasteiger partial charge in [-0.05, 0) is 63.6 Å². The molecule has 3 aromatic rings. The Labute approximate surface area is 234 Å². The van der Waals surface area contributed by atoms with E-state index in [2.05, 4.69) is 37.1 Å². The lowest BCUT2D eigenvalue weighted by molar-refractivity contribution is 0.0213. The largest absolute Gasteiger partial charge is 0.443 e. The summed E-state index contributed by atoms with van der Waals surface area (Å²) in [7, 11) is 2.12. The van der Waals surface area contributed by atoms with Crippen LogP contribution in [-0.2, 0) is 11.2 Å². The number of likely N-dealkylation sites (N-methyl/N-ethyl adjacent to an activating group) is 1. The smallest absolute Gasteiger partial charge is 0.418 e. The summed E-state index contributed by atoms with van der Waals surface area (Å²) in [5.74, 6) is 0.175. The third-order valence-electron chi connectivity index (χ3n) is 7.11. The number of hydrogen-bond donors (Lipinski definition) is 2. The van der Waals surface area contributed by atoms with Gasteiger partial charge in [-0.25, -0.2) is 24.6 Å². The van der Waals surface area contributed by atoms with Crippen LogP contribution in [0.25, 0.3) is 0 Å². The number of nitrogens with zero attached hydrogens (tertiary/aromatic N) is 6. The van der Waals surface area contributed by atoms with E-state index in [9.17, 15) is 9.59 Å². The van der Waals surface area contributed by atoms with Gasteiger partial charge in [0.25, 0.3) is 5.91 Å². The summed E-state index contributed by atoms with van der Waals surface area (Å²) in [5, 5.41) is 3.30. The molecule has 1 atom stereocenters. The summed E-state index contributed by atoms with van der Waals surface area (Å²) in [4.78, 5) is 46.4. The molecule has 1 saturated heterocycles. The normalized spacial score (nSPS) is 17.6. The number of fused-ring (bicyclic) bond motifs is 1. The molecule has 5 rings (SSSR count). The van der Waals surface area contributed by atoms with Crippen molar-refractivity contribution < 1.29 is 14.3 Å². The Bertz CT molecular complexity index is 1410. The van der Waals surface area contributed by atoms with Crippen LogP contribution in [0, 0.1) is 0 Å². The number of benzene rings is 1. The third kappa shape index (κ3) is 5.42. The van der Waals surface area contributed by atoms with E-state index in [1.165, 1.54) is 0 Å². The number of piperazine rings is 1. The fourth-order valence-electron chi connectivity index (χ4n) is 5.08. The molecule has 1 unspecified atom stereocenters. The molecule has 1 fully saturated rings. The van der Waals surface area contributed by atoms with Gasteiger partial charge in [0.2, 0.25) is 5.95 Å². The highest BCUT2D eigenvalue weighted by atomic mass is 16.6. The summed E-state index contributed by atoms with van der Waals surface area (Å²) in [6, 6.07) is 8.59. The summed E-state index contributed by atoms with van der Waals surface area (Å²) >= 11 is 0. The molecule has 0 radical (unpaired) electrons. The Morgan fingerprint density at radius 3 is 2.50 bits per heavy atom. The number of aromatic nitrogens is 3. The molecule has 210 valence electrons. The predicted octanol–water partition coefficient (Wildman–Crippen LogP) is 3.99. The summed E-state index contributed by atoms with van der Waals surface area (Å²) in [6.45, 7) is 11.1. The highest BCUT2D eigenvalue weighted by molar-refractivity contribution is 6.11. The Morgan fingerprint density at radius 2 is 1.85 bits per heavy atom. The number of nitrogens with two attached hydrogens (primary N) is 1. The highest BCUT2D eigenvalue weighted by Crippen LogP contribution is 2.43. The highest BCUT2D eigenvalue weighted by Gasteiger charge is 2.46. The number of carbonyl (C=O) groups excluding carboxylic acids is 2. The number of ether oxygens (including phenoxy) is 1. The first-order valence-electron chi connectivity index (χ1n) is 13.5. The maximum atomic E-state index is 14.0. The van der Waals surface area contributed by atoms with Gasteiger partial charge in [0.05, 0.1) is 28.8 Å². The third-order valence-corrected chi connectivity index (χ3v) is 7.11. The van der Waals surface area contributed by atoms with Gasteiger partial charge in [-0.2, -0.15) is 0 Å². The van der Waals surface area contributed by atoms with Gasteiger partial charge in [0, 0.05) is 32.4 Å². The first-order valence-corrected chi connectivity index (χ1v) is 13.5. The molecule has 0 spiro atoms. The number of nitrogen functional groups attached to an aromatic ring is 1. The van der Waals surface area contributed by atoms with Gasteiger partial charge in [-0.1, -0.05) is 19.1 Å². The number of hydrogen-bond acceptors (Lipinski definition) is 10. The molecule has 11 nitrogen and oxygen atoms in total. The minimum Gasteiger partial charge on any atom is -0.443 e. The number of imide groups is 1. The first kappa shape index (κ1) is 27.3. The first-order chi connectivity index (χ1) is 19.1. The number of amides is 2. The number of aryl methyl sites for hydroxylation is 1. The lowest BCUT2D eigenvalue weighted by atomic mass is 9.97. The zero-order valence-electron chi connectivity index (χ0n) is 23.6. The average molecular weight is 545 g/mol. The van der Waals surface area contributed by atoms with Crippen LogP contribution in [0.1, 0.15) is 60.9 Å². The number of pyridine rings is 1. The van der Waals surface area contributed by atoms with Crippen molar-refractivity contribution in [1.82, 2.24) is 24.8 Å². The van der Waals surface area contributed by atoms with Crippen molar-refractivity contribution in [3.05, 3.63) is 65.1 Å². The average Bonchev–Trinajstić information content (AvgIpc) is 3.22. The monoisotopic (exact) mass is 544 g/mol. The lowest BCUT2D eigenvalue weighted by Gasteiger charge is -2.33. The second-order valence-corrected chi connectivity index (χ2v) is 11.1. The van der Waals surface area contributed by atoms with Crippen LogP contribution in [-0.4, -0.2) is 75.6 Å². The molecule has 4 heterocycles. The Balaban J connectivity index is 1.51. The van der Waals surface area contributed by atoms with Gasteiger partial charge in [0.1, 0.15) is 17.5 Å². The van der Waals surface area contributed by atoms with Crippen molar-refractivity contribution in [1.29, 1.82) is 0 Å². The standard InChI is InChI=1S/C29H36N8O3/c1-6-18-16-32-27(30)34-24(18)25-20-8-7-9-21(23(20)26(38)37(25)28(39)40-29(2,3)4)33-22-11-10-19(17-31-22)36-14-12-35(5)13-15-36/h7-11,16-17,25H,6,12-15H2,1-5H3,(H,31,33)(H2,30,32,34). The molecular formula is C29H36N8O3. The SMILES string of the molecule is CCc1cnc(N)nc1C1c2cccc(Nc3ccc(N4CCN(C)CC4)cn3)c2C(=O)N1C(=O)OC(C)(C)C. The second kappa shape index (κ2) is 10.7. The van der Waals surface area contributed by atoms with Crippen LogP contribution in [0.15, 0.2) is 42.7 Å². The van der Waals surface area contributed by atoms with E-state index in [1.807, 2.05) is 37.4 Å². The molecule has 2 aliphatic rings. The van der Waals surface area contributed by atoms with Crippen LogP contribution >= 0.6 is 0 Å². The Hall–Kier alpha value is -4.25. The van der Waals surface area contributed by atoms with Crippen molar-refractivity contribution >= 4 is 35.1 Å². The number of nitrogens with one attached hydrogen (secondary N) is 1. The summed E-state index contributed by atoms with van der Waals surface area (Å²) in [6.07, 6.45) is 3.32. The van der Waals surface area contributed by atoms with E-state index in [-0.39, 0.29) is 5.95 Å². The molecule has 2 aliphatic heterocycles. The lowest BCUT2D eigenvalue weighted by Crippen LogP contribution is -2.44. The quantitative estimate of drug-likeness (QED) is 0.486. The van der Waals surface area contributed by atoms with Crippen LogP contribution in [0.2, 0.25) is 0 Å². The van der Waals surface area contributed by atoms with Crippen molar-refractivity contribution in [2.24, 2.45) is 0 Å². The van der Waals surface area contributed by atoms with E-state index >= 15 is 0 Å².